The fraction of sp³-hybridized carbons (Fsp3) is 0.357. The van der Waals surface area contributed by atoms with Crippen LogP contribution in [-0.4, -0.2) is 23.5 Å². The van der Waals surface area contributed by atoms with E-state index in [4.69, 9.17) is 4.98 Å². The van der Waals surface area contributed by atoms with Gasteiger partial charge in [0.15, 0.2) is 0 Å². The van der Waals surface area contributed by atoms with Gasteiger partial charge in [-0.1, -0.05) is 49.2 Å². The summed E-state index contributed by atoms with van der Waals surface area (Å²) < 4.78 is 30.7. The molecule has 0 aliphatic rings. The Hall–Kier alpha value is -2.81. The van der Waals surface area contributed by atoms with E-state index in [-0.39, 0.29) is 5.56 Å². The fourth-order valence-electron chi connectivity index (χ4n) is 4.21. The second-order valence-corrected chi connectivity index (χ2v) is 13.0. The van der Waals surface area contributed by atoms with Gasteiger partial charge in [-0.15, -0.1) is 11.3 Å². The number of aromatic nitrogens is 2. The summed E-state index contributed by atoms with van der Waals surface area (Å²) in [6.07, 6.45) is 2.72. The van der Waals surface area contributed by atoms with Crippen LogP contribution in [0.1, 0.15) is 57.5 Å². The van der Waals surface area contributed by atoms with Crippen LogP contribution in [0.3, 0.4) is 0 Å². The number of nitrogens with zero attached hydrogens (tertiary/aromatic N) is 2. The normalized spacial score (nSPS) is 12.4. The van der Waals surface area contributed by atoms with E-state index in [0.29, 0.717) is 21.7 Å². The molecule has 1 N–H and O–H groups in total. The zero-order valence-corrected chi connectivity index (χ0v) is 23.1. The first kappa shape index (κ1) is 26.3. The summed E-state index contributed by atoms with van der Waals surface area (Å²) >= 11 is 1.21. The van der Waals surface area contributed by atoms with Crippen molar-refractivity contribution in [2.24, 2.45) is 0 Å². The lowest BCUT2D eigenvalue weighted by Gasteiger charge is -2.20. The van der Waals surface area contributed by atoms with E-state index in [1.807, 2.05) is 76.2 Å². The summed E-state index contributed by atoms with van der Waals surface area (Å²) in [4.78, 5) is 18.3. The van der Waals surface area contributed by atoms with Crippen molar-refractivity contribution in [3.05, 3.63) is 81.2 Å². The number of hydrogen-bond donors (Lipinski definition) is 1. The minimum Gasteiger partial charge on any atom is -0.292 e. The van der Waals surface area contributed by atoms with Crippen LogP contribution in [0.15, 0.2) is 62.9 Å². The number of rotatable bonds is 8. The Morgan fingerprint density at radius 2 is 1.78 bits per heavy atom. The molecule has 190 valence electrons. The number of hydrogen-bond acceptors (Lipinski definition) is 5. The Labute approximate surface area is 217 Å². The van der Waals surface area contributed by atoms with Crippen molar-refractivity contribution in [3.8, 4) is 11.1 Å². The van der Waals surface area contributed by atoms with E-state index in [1.54, 1.807) is 9.95 Å². The van der Waals surface area contributed by atoms with Crippen LogP contribution in [0.5, 0.6) is 0 Å². The molecule has 2 aromatic heterocycles. The lowest BCUT2D eigenvalue weighted by atomic mass is 10.1. The van der Waals surface area contributed by atoms with Crippen molar-refractivity contribution in [1.29, 1.82) is 0 Å². The van der Waals surface area contributed by atoms with Gasteiger partial charge in [0.2, 0.25) is 0 Å². The molecule has 2 aromatic carbocycles. The molecule has 0 aliphatic carbocycles. The average Bonchev–Trinajstić information content (AvgIpc) is 3.30. The highest BCUT2D eigenvalue weighted by Gasteiger charge is 2.26. The lowest BCUT2D eigenvalue weighted by Crippen LogP contribution is -2.40. The third-order valence-electron chi connectivity index (χ3n) is 5.86. The van der Waals surface area contributed by atoms with Crippen molar-refractivity contribution in [1.82, 2.24) is 14.3 Å². The molecule has 0 bridgehead atoms. The van der Waals surface area contributed by atoms with Gasteiger partial charge in [0.05, 0.1) is 17.4 Å². The summed E-state index contributed by atoms with van der Waals surface area (Å²) in [6.45, 7) is 9.99. The van der Waals surface area contributed by atoms with Crippen LogP contribution in [0, 0.1) is 6.92 Å². The van der Waals surface area contributed by atoms with E-state index in [1.165, 1.54) is 11.3 Å². The molecule has 0 unspecified atom stereocenters. The van der Waals surface area contributed by atoms with Crippen LogP contribution in [0.25, 0.3) is 22.0 Å². The second kappa shape index (κ2) is 10.3. The summed E-state index contributed by atoms with van der Waals surface area (Å²) in [5.74, 6) is 0.793. The molecule has 4 aromatic rings. The van der Waals surface area contributed by atoms with E-state index in [0.717, 1.165) is 47.3 Å². The van der Waals surface area contributed by atoms with Gasteiger partial charge in [0.25, 0.3) is 15.6 Å². The van der Waals surface area contributed by atoms with Crippen molar-refractivity contribution < 1.29 is 8.42 Å². The quantitative estimate of drug-likeness (QED) is 0.312. The number of unbranched alkanes of at least 4 members (excludes halogenated alkanes) is 1. The summed E-state index contributed by atoms with van der Waals surface area (Å²) in [5.41, 5.74) is 3.61. The molecule has 0 fully saturated rings. The van der Waals surface area contributed by atoms with Crippen LogP contribution in [-0.2, 0) is 23.0 Å². The van der Waals surface area contributed by atoms with Gasteiger partial charge in [-0.05, 0) is 68.8 Å². The maximum atomic E-state index is 13.4. The van der Waals surface area contributed by atoms with Gasteiger partial charge in [0, 0.05) is 17.5 Å². The maximum absolute atomic E-state index is 13.4. The molecule has 4 rings (SSSR count). The molecule has 0 saturated carbocycles. The van der Waals surface area contributed by atoms with Gasteiger partial charge < -0.3 is 0 Å². The van der Waals surface area contributed by atoms with E-state index < -0.39 is 15.6 Å². The molecule has 0 spiro atoms. The van der Waals surface area contributed by atoms with Crippen molar-refractivity contribution in [2.45, 2.75) is 70.2 Å². The number of benzene rings is 2. The number of thiophene rings is 1. The molecule has 0 amide bonds. The lowest BCUT2D eigenvalue weighted by molar-refractivity contribution is 0.493. The van der Waals surface area contributed by atoms with Crippen molar-refractivity contribution in [3.63, 3.8) is 0 Å². The van der Waals surface area contributed by atoms with Crippen molar-refractivity contribution in [2.75, 3.05) is 0 Å². The van der Waals surface area contributed by atoms with E-state index in [9.17, 15) is 13.2 Å². The number of aryl methyl sites for hydroxylation is 2. The zero-order valence-electron chi connectivity index (χ0n) is 21.5. The number of fused-ring (bicyclic) bond motifs is 1. The van der Waals surface area contributed by atoms with E-state index >= 15 is 0 Å². The van der Waals surface area contributed by atoms with Crippen molar-refractivity contribution >= 4 is 32.3 Å². The summed E-state index contributed by atoms with van der Waals surface area (Å²) in [6, 6.07) is 15.4. The molecule has 2 heterocycles. The first-order valence-corrected chi connectivity index (χ1v) is 14.6. The highest BCUT2D eigenvalue weighted by Crippen LogP contribution is 2.33. The molecular weight excluding hydrogens is 490 g/mol. The topological polar surface area (TPSA) is 81.1 Å². The minimum absolute atomic E-state index is 0.0293. The van der Waals surface area contributed by atoms with Gasteiger partial charge >= 0.3 is 0 Å². The SMILES string of the molecule is CCCCc1nc2ccc(C)cc2c(=O)n1Cc1ccc(-c2ccsc2S(=O)(=O)NC(C)(C)C)cc1. The highest BCUT2D eigenvalue weighted by molar-refractivity contribution is 7.91. The molecular formula is C28H33N3O3S2. The Kier molecular flexibility index (Phi) is 7.50. The highest BCUT2D eigenvalue weighted by atomic mass is 32.2. The molecule has 0 atom stereocenters. The molecule has 8 heteroatoms. The van der Waals surface area contributed by atoms with Crippen LogP contribution in [0.2, 0.25) is 0 Å². The van der Waals surface area contributed by atoms with Gasteiger partial charge in [0.1, 0.15) is 10.0 Å². The monoisotopic (exact) mass is 523 g/mol. The summed E-state index contributed by atoms with van der Waals surface area (Å²) in [7, 11) is -3.64. The molecule has 0 aliphatic heterocycles. The Morgan fingerprint density at radius 1 is 1.06 bits per heavy atom. The molecule has 6 nitrogen and oxygen atoms in total. The third-order valence-corrected chi connectivity index (χ3v) is 9.10. The average molecular weight is 524 g/mol. The van der Waals surface area contributed by atoms with E-state index in [2.05, 4.69) is 11.6 Å². The number of sulfonamides is 1. The predicted molar refractivity (Wildman–Crippen MR) is 148 cm³/mol. The van der Waals surface area contributed by atoms with Crippen LogP contribution >= 0.6 is 11.3 Å². The second-order valence-electron chi connectivity index (χ2n) is 10.2. The standard InChI is InChI=1S/C28H33N3O3S2/c1-6-7-8-25-29-24-14-9-19(2)17-23(24)26(32)31(25)18-20-10-12-21(13-11-20)22-15-16-35-27(22)36(33,34)30-28(3,4)5/h9-17,30H,6-8,18H2,1-5H3. The maximum Gasteiger partial charge on any atom is 0.261 e. The third kappa shape index (κ3) is 5.77. The first-order valence-electron chi connectivity index (χ1n) is 12.2. The Morgan fingerprint density at radius 3 is 2.44 bits per heavy atom. The van der Waals surface area contributed by atoms with Gasteiger partial charge in [-0.3, -0.25) is 9.36 Å². The molecule has 0 saturated heterocycles. The zero-order chi connectivity index (χ0) is 26.1. The Balaban J connectivity index is 1.68. The Bertz CT molecular complexity index is 1540. The van der Waals surface area contributed by atoms with Crippen LogP contribution < -0.4 is 10.3 Å². The molecule has 0 radical (unpaired) electrons. The minimum atomic E-state index is -3.64. The van der Waals surface area contributed by atoms with Gasteiger partial charge in [-0.25, -0.2) is 18.1 Å². The fourth-order valence-corrected chi connectivity index (χ4v) is 7.02. The van der Waals surface area contributed by atoms with Crippen LogP contribution in [0.4, 0.5) is 0 Å². The molecule has 36 heavy (non-hydrogen) atoms. The summed E-state index contributed by atoms with van der Waals surface area (Å²) in [5, 5.41) is 2.43. The smallest absolute Gasteiger partial charge is 0.261 e. The van der Waals surface area contributed by atoms with Gasteiger partial charge in [-0.2, -0.15) is 0 Å². The largest absolute Gasteiger partial charge is 0.292 e. The first-order chi connectivity index (χ1) is 17.0. The number of nitrogens with one attached hydrogen (secondary N) is 1. The predicted octanol–water partition coefficient (Wildman–Crippen LogP) is 5.90.